The summed E-state index contributed by atoms with van der Waals surface area (Å²) in [5.41, 5.74) is 0. The van der Waals surface area contributed by atoms with Gasteiger partial charge in [0.15, 0.2) is 0 Å². The number of ether oxygens (including phenoxy) is 1. The Kier molecular flexibility index (Phi) is 3.69. The van der Waals surface area contributed by atoms with Crippen molar-refractivity contribution in [2.75, 3.05) is 26.2 Å². The van der Waals surface area contributed by atoms with Crippen molar-refractivity contribution < 1.29 is 4.74 Å². The number of rotatable bonds is 2. The number of hydrogen-bond acceptors (Lipinski definition) is 3. The summed E-state index contributed by atoms with van der Waals surface area (Å²) in [5, 5.41) is 3.57. The van der Waals surface area contributed by atoms with Gasteiger partial charge in [0.2, 0.25) is 0 Å². The molecule has 2 heterocycles. The van der Waals surface area contributed by atoms with E-state index in [1.165, 1.54) is 45.2 Å². The van der Waals surface area contributed by atoms with Crippen LogP contribution in [-0.2, 0) is 4.74 Å². The standard InChI is InChI=1S/C14H26N2O/c1-11-12(6-7-15-11)10-16-8-9-17-14-5-3-2-4-13(14)16/h11-15H,2-10H2,1H3. The first-order chi connectivity index (χ1) is 8.34. The maximum Gasteiger partial charge on any atom is 0.0730 e. The molecule has 4 unspecified atom stereocenters. The molecule has 0 spiro atoms. The predicted octanol–water partition coefficient (Wildman–Crippen LogP) is 1.63. The fourth-order valence-corrected chi connectivity index (χ4v) is 3.87. The van der Waals surface area contributed by atoms with Gasteiger partial charge in [-0.05, 0) is 38.6 Å². The van der Waals surface area contributed by atoms with Crippen LogP contribution >= 0.6 is 0 Å². The van der Waals surface area contributed by atoms with Crippen molar-refractivity contribution in [3.63, 3.8) is 0 Å². The first-order valence-corrected chi connectivity index (χ1v) is 7.43. The monoisotopic (exact) mass is 238 g/mol. The molecule has 1 aliphatic carbocycles. The molecule has 2 aliphatic heterocycles. The largest absolute Gasteiger partial charge is 0.375 e. The van der Waals surface area contributed by atoms with Gasteiger partial charge in [0.25, 0.3) is 0 Å². The maximum absolute atomic E-state index is 5.95. The molecule has 0 radical (unpaired) electrons. The second-order valence-electron chi connectivity index (χ2n) is 6.05. The first-order valence-electron chi connectivity index (χ1n) is 7.43. The number of morpholine rings is 1. The minimum absolute atomic E-state index is 0.544. The highest BCUT2D eigenvalue weighted by molar-refractivity contribution is 4.90. The van der Waals surface area contributed by atoms with E-state index in [1.807, 2.05) is 0 Å². The Morgan fingerprint density at radius 2 is 2.12 bits per heavy atom. The summed E-state index contributed by atoms with van der Waals surface area (Å²) in [6.07, 6.45) is 7.33. The van der Waals surface area contributed by atoms with E-state index in [4.69, 9.17) is 4.74 Å². The third-order valence-corrected chi connectivity index (χ3v) is 5.00. The Hall–Kier alpha value is -0.120. The Morgan fingerprint density at radius 3 is 2.94 bits per heavy atom. The van der Waals surface area contributed by atoms with E-state index in [1.54, 1.807) is 0 Å². The van der Waals surface area contributed by atoms with Crippen LogP contribution in [0.25, 0.3) is 0 Å². The Balaban J connectivity index is 1.61. The zero-order valence-electron chi connectivity index (χ0n) is 11.0. The normalized spacial score (nSPS) is 43.6. The smallest absolute Gasteiger partial charge is 0.0730 e. The average Bonchev–Trinajstić information content (AvgIpc) is 2.76. The quantitative estimate of drug-likeness (QED) is 0.791. The van der Waals surface area contributed by atoms with Gasteiger partial charge in [-0.3, -0.25) is 4.90 Å². The highest BCUT2D eigenvalue weighted by atomic mass is 16.5. The highest BCUT2D eigenvalue weighted by Gasteiger charge is 2.36. The van der Waals surface area contributed by atoms with Crippen molar-refractivity contribution in [2.45, 2.75) is 57.2 Å². The minimum Gasteiger partial charge on any atom is -0.375 e. The lowest BCUT2D eigenvalue weighted by Gasteiger charge is -2.45. The first kappa shape index (κ1) is 11.9. The fourth-order valence-electron chi connectivity index (χ4n) is 3.87. The van der Waals surface area contributed by atoms with E-state index >= 15 is 0 Å². The van der Waals surface area contributed by atoms with E-state index in [2.05, 4.69) is 17.1 Å². The van der Waals surface area contributed by atoms with E-state index in [9.17, 15) is 0 Å². The van der Waals surface area contributed by atoms with Gasteiger partial charge in [-0.25, -0.2) is 0 Å². The molecule has 3 heteroatoms. The van der Waals surface area contributed by atoms with Crippen molar-refractivity contribution in [2.24, 2.45) is 5.92 Å². The molecule has 3 nitrogen and oxygen atoms in total. The van der Waals surface area contributed by atoms with Crippen LogP contribution in [0.3, 0.4) is 0 Å². The Bertz CT molecular complexity index is 257. The SMILES string of the molecule is CC1NCCC1CN1CCOC2CCCCC21. The zero-order chi connectivity index (χ0) is 11.7. The fraction of sp³-hybridized carbons (Fsp3) is 1.00. The topological polar surface area (TPSA) is 24.5 Å². The molecule has 1 saturated carbocycles. The Labute approximate surface area is 105 Å². The summed E-state index contributed by atoms with van der Waals surface area (Å²) in [5.74, 6) is 0.857. The molecule has 0 amide bonds. The van der Waals surface area contributed by atoms with Gasteiger partial charge in [0.05, 0.1) is 12.7 Å². The van der Waals surface area contributed by atoms with Crippen LogP contribution in [0.2, 0.25) is 0 Å². The molecule has 3 aliphatic rings. The second-order valence-corrected chi connectivity index (χ2v) is 6.05. The van der Waals surface area contributed by atoms with E-state index in [0.29, 0.717) is 12.1 Å². The number of nitrogens with zero attached hydrogens (tertiary/aromatic N) is 1. The van der Waals surface area contributed by atoms with Gasteiger partial charge >= 0.3 is 0 Å². The summed E-state index contributed by atoms with van der Waals surface area (Å²) in [4.78, 5) is 2.74. The zero-order valence-corrected chi connectivity index (χ0v) is 11.0. The molecule has 0 aromatic rings. The van der Waals surface area contributed by atoms with E-state index in [-0.39, 0.29) is 0 Å². The molecular formula is C14H26N2O. The maximum atomic E-state index is 5.95. The third kappa shape index (κ3) is 2.51. The van der Waals surface area contributed by atoms with Crippen LogP contribution in [-0.4, -0.2) is 49.3 Å². The van der Waals surface area contributed by atoms with Crippen LogP contribution in [0, 0.1) is 5.92 Å². The van der Waals surface area contributed by atoms with Crippen LogP contribution in [0.5, 0.6) is 0 Å². The summed E-state index contributed by atoms with van der Waals surface area (Å²) in [7, 11) is 0. The lowest BCUT2D eigenvalue weighted by atomic mass is 9.89. The molecule has 0 bridgehead atoms. The molecule has 4 atom stereocenters. The predicted molar refractivity (Wildman–Crippen MR) is 69.1 cm³/mol. The average molecular weight is 238 g/mol. The van der Waals surface area contributed by atoms with Gasteiger partial charge in [0, 0.05) is 25.2 Å². The molecule has 2 saturated heterocycles. The van der Waals surface area contributed by atoms with Crippen molar-refractivity contribution in [3.8, 4) is 0 Å². The minimum atomic E-state index is 0.544. The van der Waals surface area contributed by atoms with Crippen molar-refractivity contribution in [1.29, 1.82) is 0 Å². The molecule has 1 N–H and O–H groups in total. The van der Waals surface area contributed by atoms with Gasteiger partial charge in [-0.1, -0.05) is 12.8 Å². The number of nitrogens with one attached hydrogen (secondary N) is 1. The van der Waals surface area contributed by atoms with Crippen LogP contribution in [0.15, 0.2) is 0 Å². The summed E-state index contributed by atoms with van der Waals surface area (Å²) in [6, 6.07) is 1.44. The molecule has 0 aromatic carbocycles. The van der Waals surface area contributed by atoms with E-state index < -0.39 is 0 Å². The Morgan fingerprint density at radius 1 is 1.24 bits per heavy atom. The van der Waals surface area contributed by atoms with Crippen LogP contribution in [0.4, 0.5) is 0 Å². The summed E-state index contributed by atoms with van der Waals surface area (Å²) >= 11 is 0. The number of fused-ring (bicyclic) bond motifs is 1. The van der Waals surface area contributed by atoms with Gasteiger partial charge in [0.1, 0.15) is 0 Å². The molecule has 17 heavy (non-hydrogen) atoms. The van der Waals surface area contributed by atoms with Crippen LogP contribution < -0.4 is 5.32 Å². The van der Waals surface area contributed by atoms with Crippen molar-refractivity contribution in [1.82, 2.24) is 10.2 Å². The van der Waals surface area contributed by atoms with Gasteiger partial charge in [-0.15, -0.1) is 0 Å². The molecule has 98 valence electrons. The second kappa shape index (κ2) is 5.25. The summed E-state index contributed by atoms with van der Waals surface area (Å²) < 4.78 is 5.95. The molecule has 3 fully saturated rings. The van der Waals surface area contributed by atoms with Crippen molar-refractivity contribution >= 4 is 0 Å². The van der Waals surface area contributed by atoms with E-state index in [0.717, 1.165) is 25.1 Å². The highest BCUT2D eigenvalue weighted by Crippen LogP contribution is 2.30. The molecule has 0 aromatic heterocycles. The van der Waals surface area contributed by atoms with Crippen LogP contribution in [0.1, 0.15) is 39.0 Å². The number of hydrogen-bond donors (Lipinski definition) is 1. The molecule has 3 rings (SSSR count). The molecular weight excluding hydrogens is 212 g/mol. The third-order valence-electron chi connectivity index (χ3n) is 5.00. The van der Waals surface area contributed by atoms with Crippen molar-refractivity contribution in [3.05, 3.63) is 0 Å². The van der Waals surface area contributed by atoms with Gasteiger partial charge in [-0.2, -0.15) is 0 Å². The summed E-state index contributed by atoms with van der Waals surface area (Å²) in [6.45, 7) is 6.96. The lowest BCUT2D eigenvalue weighted by Crippen LogP contribution is -2.54. The van der Waals surface area contributed by atoms with Gasteiger partial charge < -0.3 is 10.1 Å². The lowest BCUT2D eigenvalue weighted by molar-refractivity contribution is -0.0921.